The van der Waals surface area contributed by atoms with E-state index in [9.17, 15) is 0 Å². The Morgan fingerprint density at radius 1 is 1.06 bits per heavy atom. The molecule has 5 heteroatoms. The highest BCUT2D eigenvalue weighted by atomic mass is 28.4. The summed E-state index contributed by atoms with van der Waals surface area (Å²) in [7, 11) is -0.743. The molecule has 4 nitrogen and oxygen atoms in total. The van der Waals surface area contributed by atoms with Crippen molar-refractivity contribution in [2.45, 2.75) is 47.1 Å². The second-order valence-corrected chi connectivity index (χ2v) is 8.05. The smallest absolute Gasteiger partial charge is 0.377 e. The highest BCUT2D eigenvalue weighted by Gasteiger charge is 2.40. The van der Waals surface area contributed by atoms with Gasteiger partial charge in [0.2, 0.25) is 0 Å². The van der Waals surface area contributed by atoms with Crippen LogP contribution in [0.3, 0.4) is 0 Å². The Morgan fingerprint density at radius 2 is 1.61 bits per heavy atom. The Kier molecular flexibility index (Phi) is 9.07. The Balaban J connectivity index is 4.39. The van der Waals surface area contributed by atoms with Crippen molar-refractivity contribution in [2.75, 3.05) is 33.4 Å². The van der Waals surface area contributed by atoms with Crippen molar-refractivity contribution in [3.8, 4) is 0 Å². The lowest BCUT2D eigenvalue weighted by molar-refractivity contribution is 0.0826. The standard InChI is InChI=1S/C13H31NO3Si/c1-7-14-12-13(4,5)10-11-18(15-6,16-8-2)17-9-3/h14H,7-12H2,1-6H3. The summed E-state index contributed by atoms with van der Waals surface area (Å²) in [5, 5.41) is 3.40. The molecule has 0 radical (unpaired) electrons. The SMILES string of the molecule is CCNCC(C)(C)CC[Si](OC)(OCC)OCC. The first-order chi connectivity index (χ1) is 8.45. The summed E-state index contributed by atoms with van der Waals surface area (Å²) in [6.45, 7) is 14.0. The van der Waals surface area contributed by atoms with E-state index in [1.807, 2.05) is 13.8 Å². The molecule has 0 bridgehead atoms. The molecule has 18 heavy (non-hydrogen) atoms. The van der Waals surface area contributed by atoms with Crippen LogP contribution in [0.25, 0.3) is 0 Å². The van der Waals surface area contributed by atoms with Gasteiger partial charge in [0, 0.05) is 32.9 Å². The molecule has 0 amide bonds. The van der Waals surface area contributed by atoms with Gasteiger partial charge >= 0.3 is 8.80 Å². The molecule has 0 fully saturated rings. The first-order valence-corrected chi connectivity index (χ1v) is 8.92. The van der Waals surface area contributed by atoms with E-state index in [1.54, 1.807) is 7.11 Å². The largest absolute Gasteiger partial charge is 0.500 e. The molecule has 0 saturated carbocycles. The Morgan fingerprint density at radius 3 is 2.00 bits per heavy atom. The molecule has 0 aromatic carbocycles. The Labute approximate surface area is 114 Å². The van der Waals surface area contributed by atoms with Crippen molar-refractivity contribution in [3.63, 3.8) is 0 Å². The van der Waals surface area contributed by atoms with E-state index in [4.69, 9.17) is 13.3 Å². The molecule has 1 N–H and O–H groups in total. The van der Waals surface area contributed by atoms with Gasteiger partial charge in [-0.15, -0.1) is 0 Å². The molecular formula is C13H31NO3Si. The molecule has 0 unspecified atom stereocenters. The topological polar surface area (TPSA) is 39.7 Å². The van der Waals surface area contributed by atoms with Crippen LogP contribution in [-0.2, 0) is 13.3 Å². The number of hydrogen-bond acceptors (Lipinski definition) is 4. The van der Waals surface area contributed by atoms with Crippen LogP contribution in [0.2, 0.25) is 6.04 Å². The van der Waals surface area contributed by atoms with Crippen molar-refractivity contribution in [1.29, 1.82) is 0 Å². The van der Waals surface area contributed by atoms with Gasteiger partial charge in [-0.1, -0.05) is 20.8 Å². The molecule has 0 rings (SSSR count). The van der Waals surface area contributed by atoms with E-state index >= 15 is 0 Å². The number of rotatable bonds is 11. The fourth-order valence-electron chi connectivity index (χ4n) is 1.89. The van der Waals surface area contributed by atoms with Gasteiger partial charge in [-0.05, 0) is 32.2 Å². The highest BCUT2D eigenvalue weighted by Crippen LogP contribution is 2.27. The second kappa shape index (κ2) is 9.04. The molecule has 0 heterocycles. The molecule has 0 aliphatic heterocycles. The minimum Gasteiger partial charge on any atom is -0.377 e. The predicted molar refractivity (Wildman–Crippen MR) is 77.8 cm³/mol. The molecule has 0 spiro atoms. The molecule has 0 atom stereocenters. The van der Waals surface area contributed by atoms with Crippen LogP contribution in [0.5, 0.6) is 0 Å². The molecule has 0 aromatic rings. The summed E-state index contributed by atoms with van der Waals surface area (Å²) in [6.07, 6.45) is 1.04. The van der Waals surface area contributed by atoms with Gasteiger partial charge in [0.05, 0.1) is 0 Å². The maximum absolute atomic E-state index is 5.79. The van der Waals surface area contributed by atoms with Crippen molar-refractivity contribution < 1.29 is 13.3 Å². The van der Waals surface area contributed by atoms with Crippen molar-refractivity contribution in [2.24, 2.45) is 5.41 Å². The highest BCUT2D eigenvalue weighted by molar-refractivity contribution is 6.60. The van der Waals surface area contributed by atoms with Crippen LogP contribution < -0.4 is 5.32 Å². The monoisotopic (exact) mass is 277 g/mol. The molecular weight excluding hydrogens is 246 g/mol. The number of nitrogens with one attached hydrogen (secondary N) is 1. The lowest BCUT2D eigenvalue weighted by Gasteiger charge is -2.31. The molecule has 0 saturated heterocycles. The fraction of sp³-hybridized carbons (Fsp3) is 1.00. The summed E-state index contributed by atoms with van der Waals surface area (Å²) in [5.74, 6) is 0. The average molecular weight is 277 g/mol. The van der Waals surface area contributed by atoms with Crippen molar-refractivity contribution >= 4 is 8.80 Å². The van der Waals surface area contributed by atoms with Gasteiger partial charge < -0.3 is 18.6 Å². The molecule has 0 aliphatic rings. The van der Waals surface area contributed by atoms with E-state index in [1.165, 1.54) is 0 Å². The summed E-state index contributed by atoms with van der Waals surface area (Å²) in [5.41, 5.74) is 0.237. The van der Waals surface area contributed by atoms with E-state index in [2.05, 4.69) is 26.1 Å². The minimum absolute atomic E-state index is 0.237. The van der Waals surface area contributed by atoms with E-state index < -0.39 is 8.80 Å². The zero-order valence-corrected chi connectivity index (χ0v) is 14.0. The first kappa shape index (κ1) is 18.1. The molecule has 110 valence electrons. The third-order valence-electron chi connectivity index (χ3n) is 3.00. The van der Waals surface area contributed by atoms with E-state index in [-0.39, 0.29) is 5.41 Å². The lowest BCUT2D eigenvalue weighted by atomic mass is 9.90. The normalized spacial score (nSPS) is 13.0. The number of hydrogen-bond donors (Lipinski definition) is 1. The van der Waals surface area contributed by atoms with Crippen LogP contribution in [-0.4, -0.2) is 42.2 Å². The lowest BCUT2D eigenvalue weighted by Crippen LogP contribution is -2.46. The van der Waals surface area contributed by atoms with Crippen LogP contribution in [0, 0.1) is 5.41 Å². The maximum atomic E-state index is 5.79. The summed E-state index contributed by atoms with van der Waals surface area (Å²) < 4.78 is 17.2. The van der Waals surface area contributed by atoms with Crippen LogP contribution in [0.1, 0.15) is 41.0 Å². The van der Waals surface area contributed by atoms with Gasteiger partial charge in [0.15, 0.2) is 0 Å². The van der Waals surface area contributed by atoms with E-state index in [0.29, 0.717) is 13.2 Å². The molecule has 0 aromatic heterocycles. The average Bonchev–Trinajstić information content (AvgIpc) is 2.34. The molecule has 0 aliphatic carbocycles. The van der Waals surface area contributed by atoms with Gasteiger partial charge in [0.25, 0.3) is 0 Å². The minimum atomic E-state index is -2.45. The van der Waals surface area contributed by atoms with Gasteiger partial charge in [-0.25, -0.2) is 0 Å². The Hall–Kier alpha value is 0.0569. The maximum Gasteiger partial charge on any atom is 0.500 e. The van der Waals surface area contributed by atoms with Gasteiger partial charge in [0.1, 0.15) is 0 Å². The summed E-state index contributed by atoms with van der Waals surface area (Å²) in [6, 6.07) is 0.879. The van der Waals surface area contributed by atoms with E-state index in [0.717, 1.165) is 25.6 Å². The third-order valence-corrected chi connectivity index (χ3v) is 5.94. The predicted octanol–water partition coefficient (Wildman–Crippen LogP) is 2.67. The van der Waals surface area contributed by atoms with Gasteiger partial charge in [-0.2, -0.15) is 0 Å². The first-order valence-electron chi connectivity index (χ1n) is 6.99. The Bertz CT molecular complexity index is 206. The third kappa shape index (κ3) is 6.85. The summed E-state index contributed by atoms with van der Waals surface area (Å²) in [4.78, 5) is 0. The van der Waals surface area contributed by atoms with Crippen molar-refractivity contribution in [1.82, 2.24) is 5.32 Å². The zero-order chi connectivity index (χ0) is 14.1. The second-order valence-electron chi connectivity index (χ2n) is 5.20. The quantitative estimate of drug-likeness (QED) is 0.589. The fourth-order valence-corrected chi connectivity index (χ4v) is 4.56. The van der Waals surface area contributed by atoms with Crippen LogP contribution in [0.15, 0.2) is 0 Å². The van der Waals surface area contributed by atoms with Crippen LogP contribution >= 0.6 is 0 Å². The van der Waals surface area contributed by atoms with Crippen LogP contribution in [0.4, 0.5) is 0 Å². The zero-order valence-electron chi connectivity index (χ0n) is 13.0. The van der Waals surface area contributed by atoms with Crippen molar-refractivity contribution in [3.05, 3.63) is 0 Å². The van der Waals surface area contributed by atoms with Gasteiger partial charge in [-0.3, -0.25) is 0 Å². The summed E-state index contributed by atoms with van der Waals surface area (Å²) >= 11 is 0.